The Labute approximate surface area is 175 Å². The Bertz CT molecular complexity index is 733. The quantitative estimate of drug-likeness (QED) is 0.603. The predicted molar refractivity (Wildman–Crippen MR) is 113 cm³/mol. The van der Waals surface area contributed by atoms with Crippen molar-refractivity contribution in [1.29, 1.82) is 5.26 Å². The van der Waals surface area contributed by atoms with E-state index in [1.807, 2.05) is 51.1 Å². The van der Waals surface area contributed by atoms with Crippen LogP contribution >= 0.6 is 0 Å². The topological polar surface area (TPSA) is 70.4 Å². The number of hydrogen-bond donors (Lipinski definition) is 0. The molecule has 1 fully saturated rings. The van der Waals surface area contributed by atoms with Gasteiger partial charge in [-0.05, 0) is 52.5 Å². The number of rotatable bonds is 8. The van der Waals surface area contributed by atoms with Crippen LogP contribution in [0, 0.1) is 23.2 Å². The first-order valence-electron chi connectivity index (χ1n) is 10.6. The van der Waals surface area contributed by atoms with E-state index in [0.717, 1.165) is 18.4 Å². The summed E-state index contributed by atoms with van der Waals surface area (Å²) in [5, 5.41) is 9.82. The molecule has 0 radical (unpaired) electrons. The van der Waals surface area contributed by atoms with Crippen LogP contribution in [0.3, 0.4) is 0 Å². The molecule has 158 valence electrons. The summed E-state index contributed by atoms with van der Waals surface area (Å²) in [6, 6.07) is 11.7. The van der Waals surface area contributed by atoms with Gasteiger partial charge in [-0.2, -0.15) is 5.26 Å². The third kappa shape index (κ3) is 6.40. The number of nitrogens with zero attached hydrogens (tertiary/aromatic N) is 2. The largest absolute Gasteiger partial charge is 0.459 e. The lowest BCUT2D eigenvalue weighted by Gasteiger charge is -2.33. The summed E-state index contributed by atoms with van der Waals surface area (Å²) in [5.74, 6) is -0.513. The maximum atomic E-state index is 13.0. The number of ether oxygens (including phenoxy) is 1. The number of likely N-dealkylation sites (tertiary alicyclic amines) is 1. The second-order valence-corrected chi connectivity index (χ2v) is 9.08. The van der Waals surface area contributed by atoms with Crippen LogP contribution in [0.25, 0.3) is 0 Å². The number of Topliss-reactive ketones (excluding diaryl/α,β-unsaturated/α-hetero) is 1. The Kier molecular flexibility index (Phi) is 7.98. The Hall–Kier alpha value is -2.19. The van der Waals surface area contributed by atoms with E-state index in [-0.39, 0.29) is 29.6 Å². The smallest absolute Gasteiger partial charge is 0.323 e. The van der Waals surface area contributed by atoms with Crippen molar-refractivity contribution in [3.8, 4) is 6.07 Å². The van der Waals surface area contributed by atoms with Crippen LogP contribution in [0.4, 0.5) is 0 Å². The van der Waals surface area contributed by atoms with Gasteiger partial charge >= 0.3 is 5.97 Å². The summed E-state index contributed by atoms with van der Waals surface area (Å²) in [6.07, 6.45) is 2.77. The Morgan fingerprint density at radius 3 is 2.45 bits per heavy atom. The molecule has 1 unspecified atom stereocenters. The molecule has 0 aromatic heterocycles. The van der Waals surface area contributed by atoms with E-state index in [1.165, 1.54) is 0 Å². The Morgan fingerprint density at radius 1 is 1.28 bits per heavy atom. The molecule has 1 aliphatic rings. The van der Waals surface area contributed by atoms with Crippen LogP contribution in [0.5, 0.6) is 0 Å². The first-order valence-corrected chi connectivity index (χ1v) is 10.6. The predicted octanol–water partition coefficient (Wildman–Crippen LogP) is 4.51. The van der Waals surface area contributed by atoms with Gasteiger partial charge < -0.3 is 4.74 Å². The first kappa shape index (κ1) is 23.1. The van der Waals surface area contributed by atoms with Crippen LogP contribution in [-0.4, -0.2) is 34.3 Å². The molecule has 5 heteroatoms. The van der Waals surface area contributed by atoms with E-state index in [0.29, 0.717) is 19.4 Å². The second kappa shape index (κ2) is 10.0. The van der Waals surface area contributed by atoms with Crippen molar-refractivity contribution in [3.05, 3.63) is 35.9 Å². The van der Waals surface area contributed by atoms with E-state index in [4.69, 9.17) is 4.74 Å². The summed E-state index contributed by atoms with van der Waals surface area (Å²) in [7, 11) is 0. The fourth-order valence-electron chi connectivity index (χ4n) is 4.18. The van der Waals surface area contributed by atoms with E-state index in [2.05, 4.69) is 17.9 Å². The van der Waals surface area contributed by atoms with Crippen LogP contribution in [-0.2, 0) is 20.9 Å². The lowest BCUT2D eigenvalue weighted by atomic mass is 9.87. The molecular formula is C24H34N2O3. The summed E-state index contributed by atoms with van der Waals surface area (Å²) in [6.45, 7) is 9.82. The zero-order valence-corrected chi connectivity index (χ0v) is 18.4. The summed E-state index contributed by atoms with van der Waals surface area (Å²) in [5.41, 5.74) is 0.499. The third-order valence-corrected chi connectivity index (χ3v) is 5.56. The third-order valence-electron chi connectivity index (χ3n) is 5.56. The van der Waals surface area contributed by atoms with Gasteiger partial charge in [-0.1, -0.05) is 43.7 Å². The van der Waals surface area contributed by atoms with Gasteiger partial charge in [-0.25, -0.2) is 0 Å². The maximum Gasteiger partial charge on any atom is 0.323 e. The molecule has 1 aliphatic heterocycles. The molecule has 0 N–H and O–H groups in total. The number of nitriles is 1. The highest BCUT2D eigenvalue weighted by atomic mass is 16.6. The molecule has 2 rings (SSSR count). The van der Waals surface area contributed by atoms with Gasteiger partial charge in [-0.3, -0.25) is 14.5 Å². The van der Waals surface area contributed by atoms with Gasteiger partial charge in [0.1, 0.15) is 17.4 Å². The molecule has 0 spiro atoms. The molecule has 5 nitrogen and oxygen atoms in total. The molecule has 1 heterocycles. The number of hydrogen-bond acceptors (Lipinski definition) is 5. The van der Waals surface area contributed by atoms with Gasteiger partial charge in [0.25, 0.3) is 0 Å². The average Bonchev–Trinajstić information content (AvgIpc) is 2.98. The summed E-state index contributed by atoms with van der Waals surface area (Å²) in [4.78, 5) is 27.3. The summed E-state index contributed by atoms with van der Waals surface area (Å²) < 4.78 is 5.67. The number of ketones is 1. The molecular weight excluding hydrogens is 364 g/mol. The number of esters is 1. The lowest BCUT2D eigenvalue weighted by Crippen LogP contribution is -2.44. The number of carbonyl (C=O) groups is 2. The van der Waals surface area contributed by atoms with E-state index < -0.39 is 11.6 Å². The minimum Gasteiger partial charge on any atom is -0.459 e. The highest BCUT2D eigenvalue weighted by Gasteiger charge is 2.46. The summed E-state index contributed by atoms with van der Waals surface area (Å²) >= 11 is 0. The molecule has 1 aromatic carbocycles. The zero-order chi connectivity index (χ0) is 21.6. The van der Waals surface area contributed by atoms with Gasteiger partial charge in [0.05, 0.1) is 12.0 Å². The van der Waals surface area contributed by atoms with Crippen molar-refractivity contribution in [3.63, 3.8) is 0 Å². The second-order valence-electron chi connectivity index (χ2n) is 9.08. The zero-order valence-electron chi connectivity index (χ0n) is 18.4. The minimum absolute atomic E-state index is 0.0866. The van der Waals surface area contributed by atoms with Crippen molar-refractivity contribution < 1.29 is 14.3 Å². The molecule has 1 saturated heterocycles. The molecule has 0 aliphatic carbocycles. The number of benzene rings is 1. The van der Waals surface area contributed by atoms with Gasteiger partial charge in [0.2, 0.25) is 0 Å². The van der Waals surface area contributed by atoms with Crippen LogP contribution in [0.15, 0.2) is 30.3 Å². The fraction of sp³-hybridized carbons (Fsp3) is 0.625. The first-order chi connectivity index (χ1) is 13.7. The van der Waals surface area contributed by atoms with Gasteiger partial charge in [0.15, 0.2) is 0 Å². The molecule has 0 saturated carbocycles. The van der Waals surface area contributed by atoms with Crippen molar-refractivity contribution in [2.45, 2.75) is 84.5 Å². The SMILES string of the molecule is CCCC(C[C@@H]1[C@H](C#N)C[C@H](C(=O)OC(C)(C)C)N1Cc1ccccc1)C(C)=O. The van der Waals surface area contributed by atoms with E-state index in [9.17, 15) is 14.9 Å². The minimum atomic E-state index is -0.583. The van der Waals surface area contributed by atoms with Crippen LogP contribution < -0.4 is 0 Å². The van der Waals surface area contributed by atoms with Crippen molar-refractivity contribution in [2.75, 3.05) is 0 Å². The maximum absolute atomic E-state index is 13.0. The van der Waals surface area contributed by atoms with Crippen LogP contribution in [0.1, 0.15) is 65.9 Å². The molecule has 4 atom stereocenters. The lowest BCUT2D eigenvalue weighted by molar-refractivity contribution is -0.161. The fourth-order valence-corrected chi connectivity index (χ4v) is 4.18. The number of carbonyl (C=O) groups excluding carboxylic acids is 2. The standard InChI is InChI=1S/C24H34N2O3/c1-6-10-19(17(2)27)13-21-20(15-25)14-22(23(28)29-24(3,4)5)26(21)16-18-11-8-7-9-12-18/h7-9,11-12,19-22H,6,10,13-14,16H2,1-5H3/t19?,20-,21+,22+/m0/s1. The molecule has 29 heavy (non-hydrogen) atoms. The van der Waals surface area contributed by atoms with Gasteiger partial charge in [0, 0.05) is 18.5 Å². The van der Waals surface area contributed by atoms with Gasteiger partial charge in [-0.15, -0.1) is 0 Å². The average molecular weight is 399 g/mol. The van der Waals surface area contributed by atoms with Crippen molar-refractivity contribution in [1.82, 2.24) is 4.90 Å². The van der Waals surface area contributed by atoms with Crippen molar-refractivity contribution >= 4 is 11.8 Å². The monoisotopic (exact) mass is 398 g/mol. The van der Waals surface area contributed by atoms with Crippen LogP contribution in [0.2, 0.25) is 0 Å². The molecule has 0 amide bonds. The van der Waals surface area contributed by atoms with E-state index >= 15 is 0 Å². The Balaban J connectivity index is 2.34. The molecule has 0 bridgehead atoms. The van der Waals surface area contributed by atoms with E-state index in [1.54, 1.807) is 6.92 Å². The van der Waals surface area contributed by atoms with Crippen molar-refractivity contribution in [2.24, 2.45) is 11.8 Å². The normalized spacial score (nSPS) is 23.4. The highest BCUT2D eigenvalue weighted by Crippen LogP contribution is 2.37. The highest BCUT2D eigenvalue weighted by molar-refractivity contribution is 5.79. The Morgan fingerprint density at radius 2 is 1.93 bits per heavy atom. The molecule has 1 aromatic rings.